The number of nitro groups is 1. The van der Waals surface area contributed by atoms with E-state index in [-0.39, 0.29) is 5.69 Å². The van der Waals surface area contributed by atoms with Crippen molar-refractivity contribution in [2.75, 3.05) is 0 Å². The predicted octanol–water partition coefficient (Wildman–Crippen LogP) is 3.76. The molecule has 0 unspecified atom stereocenters. The van der Waals surface area contributed by atoms with Crippen molar-refractivity contribution in [3.8, 4) is 0 Å². The summed E-state index contributed by atoms with van der Waals surface area (Å²) in [6.07, 6.45) is 0. The van der Waals surface area contributed by atoms with Gasteiger partial charge in [0.05, 0.1) is 27.9 Å². The number of aromatic nitrogens is 2. The van der Waals surface area contributed by atoms with Crippen molar-refractivity contribution in [2.45, 2.75) is 20.4 Å². The van der Waals surface area contributed by atoms with Crippen LogP contribution in [0.4, 0.5) is 5.69 Å². The Labute approximate surface area is 119 Å². The lowest BCUT2D eigenvalue weighted by molar-refractivity contribution is -0.384. The van der Waals surface area contributed by atoms with Crippen LogP contribution in [0.25, 0.3) is 0 Å². The first-order chi connectivity index (χ1) is 8.90. The molecule has 0 atom stereocenters. The van der Waals surface area contributed by atoms with Crippen LogP contribution in [0, 0.1) is 24.0 Å². The highest BCUT2D eigenvalue weighted by Gasteiger charge is 2.13. The van der Waals surface area contributed by atoms with E-state index in [1.807, 2.05) is 6.92 Å². The zero-order chi connectivity index (χ0) is 14.2. The number of benzene rings is 1. The lowest BCUT2D eigenvalue weighted by atomic mass is 10.2. The van der Waals surface area contributed by atoms with Gasteiger partial charge in [0, 0.05) is 17.2 Å². The molecule has 0 aliphatic carbocycles. The number of non-ortho nitro benzene ring substituents is 1. The summed E-state index contributed by atoms with van der Waals surface area (Å²) in [6, 6.07) is 4.34. The molecule has 7 heteroatoms. The van der Waals surface area contributed by atoms with Gasteiger partial charge in [0.2, 0.25) is 0 Å². The fourth-order valence-corrected chi connectivity index (χ4v) is 2.10. The molecular formula is C12H11Cl2N3O2. The van der Waals surface area contributed by atoms with Crippen molar-refractivity contribution < 1.29 is 4.92 Å². The largest absolute Gasteiger partial charge is 0.269 e. The monoisotopic (exact) mass is 299 g/mol. The molecular weight excluding hydrogens is 289 g/mol. The maximum Gasteiger partial charge on any atom is 0.269 e. The minimum Gasteiger partial charge on any atom is -0.264 e. The number of aryl methyl sites for hydroxylation is 1. The fourth-order valence-electron chi connectivity index (χ4n) is 1.79. The van der Waals surface area contributed by atoms with Gasteiger partial charge in [-0.15, -0.1) is 0 Å². The van der Waals surface area contributed by atoms with E-state index >= 15 is 0 Å². The first-order valence-corrected chi connectivity index (χ1v) is 6.28. The molecule has 100 valence electrons. The van der Waals surface area contributed by atoms with E-state index in [0.717, 1.165) is 11.4 Å². The second kappa shape index (κ2) is 5.19. The SMILES string of the molecule is Cc1nn(Cc2cc([N+](=O)[O-])ccc2Cl)c(C)c1Cl. The predicted molar refractivity (Wildman–Crippen MR) is 73.9 cm³/mol. The minimum absolute atomic E-state index is 0.00651. The smallest absolute Gasteiger partial charge is 0.264 e. The van der Waals surface area contributed by atoms with Crippen LogP contribution in [0.1, 0.15) is 17.0 Å². The summed E-state index contributed by atoms with van der Waals surface area (Å²) in [5, 5.41) is 16.1. The van der Waals surface area contributed by atoms with Crippen molar-refractivity contribution in [1.29, 1.82) is 0 Å². The van der Waals surface area contributed by atoms with Gasteiger partial charge in [0.25, 0.3) is 5.69 Å². The average Bonchev–Trinajstić information content (AvgIpc) is 2.59. The van der Waals surface area contributed by atoms with Crippen LogP contribution in [-0.4, -0.2) is 14.7 Å². The highest BCUT2D eigenvalue weighted by molar-refractivity contribution is 6.32. The van der Waals surface area contributed by atoms with Crippen molar-refractivity contribution in [2.24, 2.45) is 0 Å². The number of rotatable bonds is 3. The average molecular weight is 300 g/mol. The number of nitrogens with zero attached hydrogens (tertiary/aromatic N) is 3. The number of nitro benzene ring substituents is 1. The molecule has 0 saturated carbocycles. The van der Waals surface area contributed by atoms with Gasteiger partial charge in [-0.05, 0) is 25.5 Å². The third-order valence-corrected chi connectivity index (χ3v) is 3.77. The summed E-state index contributed by atoms with van der Waals surface area (Å²) >= 11 is 12.1. The van der Waals surface area contributed by atoms with Crippen LogP contribution < -0.4 is 0 Å². The van der Waals surface area contributed by atoms with Crippen molar-refractivity contribution in [1.82, 2.24) is 9.78 Å². The molecule has 0 aliphatic heterocycles. The molecule has 1 heterocycles. The summed E-state index contributed by atoms with van der Waals surface area (Å²) in [4.78, 5) is 10.3. The van der Waals surface area contributed by atoms with Crippen LogP contribution in [-0.2, 0) is 6.54 Å². The van der Waals surface area contributed by atoms with Crippen molar-refractivity contribution in [3.63, 3.8) is 0 Å². The highest BCUT2D eigenvalue weighted by atomic mass is 35.5. The molecule has 0 N–H and O–H groups in total. The van der Waals surface area contributed by atoms with Gasteiger partial charge in [-0.1, -0.05) is 23.2 Å². The van der Waals surface area contributed by atoms with Crippen molar-refractivity contribution >= 4 is 28.9 Å². The topological polar surface area (TPSA) is 61.0 Å². The molecule has 1 aromatic carbocycles. The van der Waals surface area contributed by atoms with Crippen molar-refractivity contribution in [3.05, 3.63) is 55.3 Å². The zero-order valence-corrected chi connectivity index (χ0v) is 11.9. The molecule has 0 bridgehead atoms. The standard InChI is InChI=1S/C12H11Cl2N3O2/c1-7-12(14)8(2)16(15-7)6-9-5-10(17(18)19)3-4-11(9)13/h3-5H,6H2,1-2H3. The summed E-state index contributed by atoms with van der Waals surface area (Å²) in [5.41, 5.74) is 2.17. The molecule has 0 fully saturated rings. The van der Waals surface area contributed by atoms with Crippen LogP contribution in [0.15, 0.2) is 18.2 Å². The second-order valence-electron chi connectivity index (χ2n) is 4.18. The Bertz CT molecular complexity index is 653. The van der Waals surface area contributed by atoms with Gasteiger partial charge in [0.1, 0.15) is 0 Å². The molecule has 1 aromatic heterocycles. The molecule has 2 rings (SSSR count). The lowest BCUT2D eigenvalue weighted by Gasteiger charge is -2.06. The van der Waals surface area contributed by atoms with Gasteiger partial charge < -0.3 is 0 Å². The van der Waals surface area contributed by atoms with E-state index in [4.69, 9.17) is 23.2 Å². The van der Waals surface area contributed by atoms with Gasteiger partial charge in [-0.2, -0.15) is 5.10 Å². The Balaban J connectivity index is 2.40. The Morgan fingerprint density at radius 2 is 2.05 bits per heavy atom. The number of hydrogen-bond donors (Lipinski definition) is 0. The normalized spacial score (nSPS) is 10.7. The summed E-state index contributed by atoms with van der Waals surface area (Å²) in [7, 11) is 0. The molecule has 0 saturated heterocycles. The Hall–Kier alpha value is -1.59. The summed E-state index contributed by atoms with van der Waals surface area (Å²) < 4.78 is 1.68. The number of halogens is 2. The van der Waals surface area contributed by atoms with Gasteiger partial charge in [-0.3, -0.25) is 14.8 Å². The second-order valence-corrected chi connectivity index (χ2v) is 4.96. The molecule has 0 amide bonds. The minimum atomic E-state index is -0.450. The quantitative estimate of drug-likeness (QED) is 0.640. The van der Waals surface area contributed by atoms with Crippen LogP contribution >= 0.6 is 23.2 Å². The van der Waals surface area contributed by atoms with E-state index in [9.17, 15) is 10.1 Å². The van der Waals surface area contributed by atoms with E-state index in [1.54, 1.807) is 11.6 Å². The van der Waals surface area contributed by atoms with E-state index in [2.05, 4.69) is 5.10 Å². The first-order valence-electron chi connectivity index (χ1n) is 5.52. The Morgan fingerprint density at radius 1 is 1.37 bits per heavy atom. The fraction of sp³-hybridized carbons (Fsp3) is 0.250. The third kappa shape index (κ3) is 2.72. The van der Waals surface area contributed by atoms with Gasteiger partial charge in [0.15, 0.2) is 0 Å². The molecule has 0 aliphatic rings. The molecule has 2 aromatic rings. The maximum absolute atomic E-state index is 10.8. The molecule has 19 heavy (non-hydrogen) atoms. The van der Waals surface area contributed by atoms with E-state index in [0.29, 0.717) is 22.2 Å². The van der Waals surface area contributed by atoms with Crippen LogP contribution in [0.2, 0.25) is 10.0 Å². The zero-order valence-electron chi connectivity index (χ0n) is 10.4. The lowest BCUT2D eigenvalue weighted by Crippen LogP contribution is -2.05. The third-order valence-electron chi connectivity index (χ3n) is 2.85. The first kappa shape index (κ1) is 13.8. The van der Waals surface area contributed by atoms with Gasteiger partial charge >= 0.3 is 0 Å². The van der Waals surface area contributed by atoms with E-state index in [1.165, 1.54) is 18.2 Å². The molecule has 5 nitrogen and oxygen atoms in total. The van der Waals surface area contributed by atoms with E-state index < -0.39 is 4.92 Å². The Kier molecular flexibility index (Phi) is 3.78. The molecule has 0 radical (unpaired) electrons. The maximum atomic E-state index is 10.8. The summed E-state index contributed by atoms with van der Waals surface area (Å²) in [6.45, 7) is 3.99. The van der Waals surface area contributed by atoms with Crippen LogP contribution in [0.5, 0.6) is 0 Å². The van der Waals surface area contributed by atoms with Crippen LogP contribution in [0.3, 0.4) is 0 Å². The molecule has 0 spiro atoms. The Morgan fingerprint density at radius 3 is 2.58 bits per heavy atom. The highest BCUT2D eigenvalue weighted by Crippen LogP contribution is 2.25. The number of hydrogen-bond acceptors (Lipinski definition) is 3. The summed E-state index contributed by atoms with van der Waals surface area (Å²) in [5.74, 6) is 0. The van der Waals surface area contributed by atoms with Gasteiger partial charge in [-0.25, -0.2) is 0 Å².